The van der Waals surface area contributed by atoms with Crippen LogP contribution in [0.25, 0.3) is 0 Å². The fourth-order valence-corrected chi connectivity index (χ4v) is 2.87. The van der Waals surface area contributed by atoms with Gasteiger partial charge < -0.3 is 20.3 Å². The molecule has 23 heavy (non-hydrogen) atoms. The second kappa shape index (κ2) is 7.26. The van der Waals surface area contributed by atoms with Crippen LogP contribution in [0.2, 0.25) is 0 Å². The summed E-state index contributed by atoms with van der Waals surface area (Å²) < 4.78 is 0. The number of nitrogens with zero attached hydrogens (tertiary/aromatic N) is 1. The summed E-state index contributed by atoms with van der Waals surface area (Å²) in [6.45, 7) is 4.44. The third kappa shape index (κ3) is 3.52. The number of nitrogens with one attached hydrogen (secondary N) is 2. The van der Waals surface area contributed by atoms with Crippen molar-refractivity contribution in [3.8, 4) is 0 Å². The number of amides is 2. The summed E-state index contributed by atoms with van der Waals surface area (Å²) in [5.41, 5.74) is 2.45. The molecule has 6 heteroatoms. The number of hydrogen-bond acceptors (Lipinski definition) is 4. The third-order valence-corrected chi connectivity index (χ3v) is 3.92. The minimum atomic E-state index is -0.628. The van der Waals surface area contributed by atoms with Crippen molar-refractivity contribution in [2.24, 2.45) is 0 Å². The summed E-state index contributed by atoms with van der Waals surface area (Å²) in [7, 11) is 1.54. The zero-order valence-electron chi connectivity index (χ0n) is 13.8. The minimum absolute atomic E-state index is 0.160. The maximum Gasteiger partial charge on any atom is 0.255 e. The Labute approximate surface area is 136 Å². The highest BCUT2D eigenvalue weighted by atomic mass is 16.2. The van der Waals surface area contributed by atoms with Crippen molar-refractivity contribution in [3.63, 3.8) is 0 Å². The molecule has 0 bridgehead atoms. The van der Waals surface area contributed by atoms with Gasteiger partial charge >= 0.3 is 0 Å². The zero-order valence-corrected chi connectivity index (χ0v) is 13.8. The number of rotatable bonds is 7. The molecule has 0 aliphatic carbocycles. The largest absolute Gasteiger partial charge is 0.383 e. The highest BCUT2D eigenvalue weighted by Gasteiger charge is 2.36. The molecule has 2 rings (SSSR count). The molecule has 1 heterocycles. The molecule has 1 aliphatic rings. The molecule has 0 fully saturated rings. The lowest BCUT2D eigenvalue weighted by Crippen LogP contribution is -2.46. The molecule has 0 radical (unpaired) electrons. The molecule has 0 aromatic heterocycles. The van der Waals surface area contributed by atoms with Crippen molar-refractivity contribution in [1.29, 1.82) is 0 Å². The van der Waals surface area contributed by atoms with Gasteiger partial charge in [0, 0.05) is 42.9 Å². The van der Waals surface area contributed by atoms with Crippen LogP contribution in [0.3, 0.4) is 0 Å². The average molecular weight is 317 g/mol. The van der Waals surface area contributed by atoms with Gasteiger partial charge in [-0.05, 0) is 32.4 Å². The molecule has 124 valence electrons. The van der Waals surface area contributed by atoms with Crippen LogP contribution in [0.15, 0.2) is 18.2 Å². The maximum atomic E-state index is 12.7. The van der Waals surface area contributed by atoms with Crippen molar-refractivity contribution in [2.45, 2.75) is 45.3 Å². The molecule has 1 aromatic carbocycles. The first-order chi connectivity index (χ1) is 11.0. The lowest BCUT2D eigenvalue weighted by molar-refractivity contribution is -0.125. The molecule has 0 saturated carbocycles. The Balaban J connectivity index is 2.31. The maximum absolute atomic E-state index is 12.7. The van der Waals surface area contributed by atoms with E-state index >= 15 is 0 Å². The van der Waals surface area contributed by atoms with Crippen LogP contribution < -0.4 is 10.6 Å². The van der Waals surface area contributed by atoms with Crippen LogP contribution in [0, 0.1) is 0 Å². The summed E-state index contributed by atoms with van der Waals surface area (Å²) in [5, 5.41) is 5.92. The predicted octanol–water partition coefficient (Wildman–Crippen LogP) is 1.56. The van der Waals surface area contributed by atoms with Crippen molar-refractivity contribution in [2.75, 3.05) is 12.4 Å². The molecule has 1 aliphatic heterocycles. The smallest absolute Gasteiger partial charge is 0.255 e. The molecule has 1 aromatic rings. The number of hydrogen-bond donors (Lipinski definition) is 2. The monoisotopic (exact) mass is 317 g/mol. The normalized spacial score (nSPS) is 14.6. The van der Waals surface area contributed by atoms with Gasteiger partial charge in [-0.2, -0.15) is 0 Å². The van der Waals surface area contributed by atoms with E-state index in [-0.39, 0.29) is 24.3 Å². The Morgan fingerprint density at radius 2 is 2.13 bits per heavy atom. The third-order valence-electron chi connectivity index (χ3n) is 3.92. The first-order valence-electron chi connectivity index (χ1n) is 7.84. The highest BCUT2D eigenvalue weighted by Crippen LogP contribution is 2.31. The zero-order chi connectivity index (χ0) is 17.0. The van der Waals surface area contributed by atoms with Crippen molar-refractivity contribution in [3.05, 3.63) is 29.3 Å². The van der Waals surface area contributed by atoms with E-state index in [1.807, 2.05) is 26.0 Å². The van der Waals surface area contributed by atoms with E-state index in [1.54, 1.807) is 11.0 Å². The lowest BCUT2D eigenvalue weighted by atomic mass is 10.1. The summed E-state index contributed by atoms with van der Waals surface area (Å²) in [6, 6.07) is 5.18. The van der Waals surface area contributed by atoms with E-state index < -0.39 is 6.04 Å². The van der Waals surface area contributed by atoms with Gasteiger partial charge in [-0.1, -0.05) is 6.07 Å². The Bertz CT molecular complexity index is 613. The molecule has 0 saturated heterocycles. The number of aldehydes is 1. The van der Waals surface area contributed by atoms with Gasteiger partial charge in [0.25, 0.3) is 5.91 Å². The predicted molar refractivity (Wildman–Crippen MR) is 88.2 cm³/mol. The van der Waals surface area contributed by atoms with E-state index in [1.165, 1.54) is 7.05 Å². The molecule has 2 amide bonds. The van der Waals surface area contributed by atoms with Crippen LogP contribution in [0.1, 0.15) is 42.6 Å². The second-order valence-electron chi connectivity index (χ2n) is 5.94. The summed E-state index contributed by atoms with van der Waals surface area (Å²) >= 11 is 0. The number of carbonyl (C=O) groups is 3. The topological polar surface area (TPSA) is 78.5 Å². The number of anilines is 1. The summed E-state index contributed by atoms with van der Waals surface area (Å²) in [4.78, 5) is 37.0. The minimum Gasteiger partial charge on any atom is -0.383 e. The van der Waals surface area contributed by atoms with Gasteiger partial charge in [0.2, 0.25) is 5.91 Å². The van der Waals surface area contributed by atoms with Gasteiger partial charge in [-0.15, -0.1) is 0 Å². The molecule has 1 unspecified atom stereocenters. The Kier molecular flexibility index (Phi) is 5.36. The Hall–Kier alpha value is -2.37. The number of carbonyl (C=O) groups excluding carboxylic acids is 3. The van der Waals surface area contributed by atoms with Gasteiger partial charge in [-0.25, -0.2) is 0 Å². The number of fused-ring (bicyclic) bond motifs is 1. The quantitative estimate of drug-likeness (QED) is 0.748. The van der Waals surface area contributed by atoms with E-state index in [2.05, 4.69) is 10.6 Å². The van der Waals surface area contributed by atoms with Crippen LogP contribution in [-0.2, 0) is 16.1 Å². The summed E-state index contributed by atoms with van der Waals surface area (Å²) in [6.07, 6.45) is 1.35. The van der Waals surface area contributed by atoms with E-state index in [0.29, 0.717) is 18.5 Å². The molecular weight excluding hydrogens is 294 g/mol. The SMILES string of the molecule is CNC(=O)C(CCC=O)N1Cc2c(NC(C)C)cccc2C1=O. The average Bonchev–Trinajstić information content (AvgIpc) is 2.85. The van der Waals surface area contributed by atoms with E-state index in [4.69, 9.17) is 0 Å². The van der Waals surface area contributed by atoms with Gasteiger partial charge in [0.15, 0.2) is 0 Å². The molecule has 6 nitrogen and oxygen atoms in total. The fraction of sp³-hybridized carbons (Fsp3) is 0.471. The van der Waals surface area contributed by atoms with Gasteiger partial charge in [-0.3, -0.25) is 9.59 Å². The number of benzene rings is 1. The van der Waals surface area contributed by atoms with Crippen LogP contribution in [-0.4, -0.2) is 42.1 Å². The lowest BCUT2D eigenvalue weighted by Gasteiger charge is -2.26. The fourth-order valence-electron chi connectivity index (χ4n) is 2.87. The molecule has 1 atom stereocenters. The molecular formula is C17H23N3O3. The van der Waals surface area contributed by atoms with Crippen molar-refractivity contribution >= 4 is 23.8 Å². The van der Waals surface area contributed by atoms with E-state index in [9.17, 15) is 14.4 Å². The van der Waals surface area contributed by atoms with Gasteiger partial charge in [0.05, 0.1) is 0 Å². The van der Waals surface area contributed by atoms with Crippen LogP contribution in [0.4, 0.5) is 5.69 Å². The number of likely N-dealkylation sites (N-methyl/N-ethyl adjacent to an activating group) is 1. The highest BCUT2D eigenvalue weighted by molar-refractivity contribution is 6.02. The van der Waals surface area contributed by atoms with Crippen LogP contribution >= 0.6 is 0 Å². The van der Waals surface area contributed by atoms with Crippen molar-refractivity contribution < 1.29 is 14.4 Å². The van der Waals surface area contributed by atoms with Crippen LogP contribution in [0.5, 0.6) is 0 Å². The second-order valence-corrected chi connectivity index (χ2v) is 5.94. The standard InChI is InChI=1S/C17H23N3O3/c1-11(2)19-14-7-4-6-12-13(14)10-20(17(12)23)15(8-5-9-21)16(22)18-3/h4,6-7,9,11,15,19H,5,8,10H2,1-3H3,(H,18,22). The van der Waals surface area contributed by atoms with E-state index in [0.717, 1.165) is 17.5 Å². The van der Waals surface area contributed by atoms with Gasteiger partial charge in [0.1, 0.15) is 12.3 Å². The first-order valence-corrected chi connectivity index (χ1v) is 7.84. The van der Waals surface area contributed by atoms with Crippen molar-refractivity contribution in [1.82, 2.24) is 10.2 Å². The molecule has 2 N–H and O–H groups in total. The first kappa shape index (κ1) is 17.0. The molecule has 0 spiro atoms. The Morgan fingerprint density at radius 3 is 2.74 bits per heavy atom. The Morgan fingerprint density at radius 1 is 1.39 bits per heavy atom. The summed E-state index contributed by atoms with van der Waals surface area (Å²) in [5.74, 6) is -0.404.